The first-order valence-corrected chi connectivity index (χ1v) is 5.57. The zero-order chi connectivity index (χ0) is 11.4. The number of nitrogens with two attached hydrogens (primary N) is 1. The molecule has 0 aliphatic rings. The Morgan fingerprint density at radius 3 is 2.94 bits per heavy atom. The summed E-state index contributed by atoms with van der Waals surface area (Å²) in [6.07, 6.45) is 9.21. The topological polar surface area (TPSA) is 30.9 Å². The van der Waals surface area contributed by atoms with Crippen LogP contribution in [0, 0.1) is 12.3 Å². The van der Waals surface area contributed by atoms with Gasteiger partial charge in [0.25, 0.3) is 0 Å². The number of hydrogen-bond acceptors (Lipinski definition) is 1. The van der Waals surface area contributed by atoms with Crippen molar-refractivity contribution in [3.05, 3.63) is 36.0 Å². The summed E-state index contributed by atoms with van der Waals surface area (Å²) < 4.78 is 2.24. The van der Waals surface area contributed by atoms with Gasteiger partial charge < -0.3 is 10.3 Å². The van der Waals surface area contributed by atoms with E-state index >= 15 is 0 Å². The highest BCUT2D eigenvalue weighted by Crippen LogP contribution is 2.20. The average molecular weight is 212 g/mol. The van der Waals surface area contributed by atoms with Crippen molar-refractivity contribution in [2.24, 2.45) is 5.73 Å². The number of nitrogens with zero attached hydrogens (tertiary/aromatic N) is 1. The fourth-order valence-electron chi connectivity index (χ4n) is 2.04. The molecule has 1 heterocycles. The highest BCUT2D eigenvalue weighted by Gasteiger charge is 2.04. The lowest BCUT2D eigenvalue weighted by Crippen LogP contribution is -2.02. The molecule has 0 bridgehead atoms. The van der Waals surface area contributed by atoms with Crippen LogP contribution in [-0.2, 0) is 13.1 Å². The number of fused-ring (bicyclic) bond motifs is 1. The van der Waals surface area contributed by atoms with Gasteiger partial charge in [-0.3, -0.25) is 0 Å². The Morgan fingerprint density at radius 1 is 1.31 bits per heavy atom. The van der Waals surface area contributed by atoms with E-state index in [0.717, 1.165) is 19.4 Å². The summed E-state index contributed by atoms with van der Waals surface area (Å²) >= 11 is 0. The molecule has 0 saturated carbocycles. The highest BCUT2D eigenvalue weighted by atomic mass is 15.0. The van der Waals surface area contributed by atoms with Gasteiger partial charge in [0.1, 0.15) is 0 Å². The molecular formula is C14H16N2. The van der Waals surface area contributed by atoms with Gasteiger partial charge in [-0.1, -0.05) is 18.2 Å². The molecule has 0 amide bonds. The van der Waals surface area contributed by atoms with Crippen molar-refractivity contribution < 1.29 is 0 Å². The van der Waals surface area contributed by atoms with Crippen LogP contribution in [-0.4, -0.2) is 4.57 Å². The Morgan fingerprint density at radius 2 is 2.19 bits per heavy atom. The van der Waals surface area contributed by atoms with Crippen molar-refractivity contribution in [1.29, 1.82) is 0 Å². The molecule has 0 aliphatic heterocycles. The molecule has 2 nitrogen and oxygen atoms in total. The Balaban J connectivity index is 2.35. The molecule has 2 N–H and O–H groups in total. The van der Waals surface area contributed by atoms with Crippen LogP contribution >= 0.6 is 0 Å². The van der Waals surface area contributed by atoms with Gasteiger partial charge in [0.05, 0.1) is 5.52 Å². The van der Waals surface area contributed by atoms with Crippen molar-refractivity contribution in [2.75, 3.05) is 0 Å². The normalized spacial score (nSPS) is 10.5. The summed E-state index contributed by atoms with van der Waals surface area (Å²) in [5.74, 6) is 2.67. The zero-order valence-electron chi connectivity index (χ0n) is 9.32. The van der Waals surface area contributed by atoms with Gasteiger partial charge in [-0.25, -0.2) is 0 Å². The molecular weight excluding hydrogens is 196 g/mol. The van der Waals surface area contributed by atoms with E-state index in [2.05, 4.69) is 40.9 Å². The minimum absolute atomic E-state index is 0.580. The first-order chi connectivity index (χ1) is 7.86. The molecule has 2 rings (SSSR count). The van der Waals surface area contributed by atoms with E-state index in [1.807, 2.05) is 0 Å². The fraction of sp³-hybridized carbons (Fsp3) is 0.286. The SMILES string of the molecule is C#CCCCn1ccc2cccc(CN)c21. The van der Waals surface area contributed by atoms with Crippen LogP contribution in [0.15, 0.2) is 30.5 Å². The van der Waals surface area contributed by atoms with Crippen LogP contribution in [0.2, 0.25) is 0 Å². The minimum atomic E-state index is 0.580. The molecule has 0 radical (unpaired) electrons. The number of unbranched alkanes of at least 4 members (excludes halogenated alkanes) is 1. The van der Waals surface area contributed by atoms with E-state index in [1.54, 1.807) is 0 Å². The van der Waals surface area contributed by atoms with Crippen molar-refractivity contribution in [1.82, 2.24) is 4.57 Å². The predicted molar refractivity (Wildman–Crippen MR) is 67.9 cm³/mol. The van der Waals surface area contributed by atoms with Gasteiger partial charge in [-0.15, -0.1) is 12.3 Å². The quantitative estimate of drug-likeness (QED) is 0.612. The lowest BCUT2D eigenvalue weighted by molar-refractivity contribution is 0.675. The lowest BCUT2D eigenvalue weighted by atomic mass is 10.1. The monoisotopic (exact) mass is 212 g/mol. The zero-order valence-corrected chi connectivity index (χ0v) is 9.32. The van der Waals surface area contributed by atoms with E-state index < -0.39 is 0 Å². The minimum Gasteiger partial charge on any atom is -0.347 e. The Bertz CT molecular complexity index is 517. The van der Waals surface area contributed by atoms with Crippen LogP contribution in [0.1, 0.15) is 18.4 Å². The predicted octanol–water partition coefficient (Wildman–Crippen LogP) is 2.51. The molecule has 0 fully saturated rings. The third-order valence-electron chi connectivity index (χ3n) is 2.81. The molecule has 0 unspecified atom stereocenters. The Kier molecular flexibility index (Phi) is 3.28. The fourth-order valence-corrected chi connectivity index (χ4v) is 2.04. The van der Waals surface area contributed by atoms with Gasteiger partial charge in [-0.2, -0.15) is 0 Å². The first-order valence-electron chi connectivity index (χ1n) is 5.57. The summed E-state index contributed by atoms with van der Waals surface area (Å²) in [6.45, 7) is 1.54. The second-order valence-electron chi connectivity index (χ2n) is 3.88. The maximum Gasteiger partial charge on any atom is 0.0525 e. The van der Waals surface area contributed by atoms with E-state index in [1.165, 1.54) is 16.5 Å². The second kappa shape index (κ2) is 4.87. The van der Waals surface area contributed by atoms with Crippen molar-refractivity contribution >= 4 is 10.9 Å². The summed E-state index contributed by atoms with van der Waals surface area (Å²) in [6, 6.07) is 8.38. The third-order valence-corrected chi connectivity index (χ3v) is 2.81. The maximum atomic E-state index is 5.75. The summed E-state index contributed by atoms with van der Waals surface area (Å²) in [5, 5.41) is 1.25. The Hall–Kier alpha value is -1.72. The van der Waals surface area contributed by atoms with Gasteiger partial charge in [0.15, 0.2) is 0 Å². The number of hydrogen-bond donors (Lipinski definition) is 1. The van der Waals surface area contributed by atoms with Crippen LogP contribution in [0.3, 0.4) is 0 Å². The average Bonchev–Trinajstić information content (AvgIpc) is 2.73. The standard InChI is InChI=1S/C14H16N2/c1-2-3-4-9-16-10-8-12-6-5-7-13(11-15)14(12)16/h1,5-8,10H,3-4,9,11,15H2. The van der Waals surface area contributed by atoms with Gasteiger partial charge >= 0.3 is 0 Å². The first kappa shape index (κ1) is 10.8. The number of rotatable bonds is 4. The molecule has 16 heavy (non-hydrogen) atoms. The number of benzene rings is 1. The van der Waals surface area contributed by atoms with Crippen LogP contribution < -0.4 is 5.73 Å². The molecule has 0 spiro atoms. The molecule has 0 saturated heterocycles. The molecule has 82 valence electrons. The van der Waals surface area contributed by atoms with Gasteiger partial charge in [0.2, 0.25) is 0 Å². The number of para-hydroxylation sites is 1. The number of aromatic nitrogens is 1. The maximum absolute atomic E-state index is 5.75. The summed E-state index contributed by atoms with van der Waals surface area (Å²) in [7, 11) is 0. The van der Waals surface area contributed by atoms with E-state index in [0.29, 0.717) is 6.54 Å². The van der Waals surface area contributed by atoms with E-state index in [4.69, 9.17) is 12.2 Å². The molecule has 0 atom stereocenters. The van der Waals surface area contributed by atoms with Crippen molar-refractivity contribution in [2.45, 2.75) is 25.9 Å². The summed E-state index contributed by atoms with van der Waals surface area (Å²) in [5.41, 5.74) is 8.20. The molecule has 1 aromatic carbocycles. The van der Waals surface area contributed by atoms with Crippen LogP contribution in [0.4, 0.5) is 0 Å². The van der Waals surface area contributed by atoms with E-state index in [9.17, 15) is 0 Å². The molecule has 0 aliphatic carbocycles. The smallest absolute Gasteiger partial charge is 0.0525 e. The van der Waals surface area contributed by atoms with Crippen molar-refractivity contribution in [3.63, 3.8) is 0 Å². The number of terminal acetylenes is 1. The third kappa shape index (κ3) is 1.95. The lowest BCUT2D eigenvalue weighted by Gasteiger charge is -2.07. The molecule has 2 aromatic rings. The van der Waals surface area contributed by atoms with Gasteiger partial charge in [-0.05, 0) is 23.4 Å². The van der Waals surface area contributed by atoms with Crippen LogP contribution in [0.5, 0.6) is 0 Å². The number of aryl methyl sites for hydroxylation is 1. The van der Waals surface area contributed by atoms with Crippen LogP contribution in [0.25, 0.3) is 10.9 Å². The Labute approximate surface area is 96.1 Å². The van der Waals surface area contributed by atoms with Crippen molar-refractivity contribution in [3.8, 4) is 12.3 Å². The van der Waals surface area contributed by atoms with E-state index in [-0.39, 0.29) is 0 Å². The van der Waals surface area contributed by atoms with Gasteiger partial charge in [0, 0.05) is 25.7 Å². The largest absolute Gasteiger partial charge is 0.347 e. The second-order valence-corrected chi connectivity index (χ2v) is 3.88. The molecule has 2 heteroatoms. The molecule has 1 aromatic heterocycles. The highest BCUT2D eigenvalue weighted by molar-refractivity contribution is 5.83. The summed E-state index contributed by atoms with van der Waals surface area (Å²) in [4.78, 5) is 0.